The number of hydrogen-bond donors (Lipinski definition) is 2. The second kappa shape index (κ2) is 8.53. The van der Waals surface area contributed by atoms with E-state index in [0.29, 0.717) is 21.8 Å². The molecule has 3 aromatic rings. The maximum atomic E-state index is 12.9. The van der Waals surface area contributed by atoms with Crippen LogP contribution in [0.3, 0.4) is 0 Å². The molecule has 1 unspecified atom stereocenters. The molecule has 28 heavy (non-hydrogen) atoms. The Hall–Kier alpha value is -3.39. The van der Waals surface area contributed by atoms with Crippen LogP contribution in [-0.4, -0.2) is 33.0 Å². The van der Waals surface area contributed by atoms with E-state index < -0.39 is 23.6 Å². The van der Waals surface area contributed by atoms with Crippen molar-refractivity contribution in [3.63, 3.8) is 0 Å². The van der Waals surface area contributed by atoms with Gasteiger partial charge in [-0.25, -0.2) is 0 Å². The molecule has 0 fully saturated rings. The zero-order valence-corrected chi connectivity index (χ0v) is 15.9. The van der Waals surface area contributed by atoms with Gasteiger partial charge in [0.2, 0.25) is 5.78 Å². The number of Topliss-reactive ketones (excluding diaryl/α,β-unsaturated/α-hetero) is 1. The van der Waals surface area contributed by atoms with E-state index in [9.17, 15) is 14.4 Å². The van der Waals surface area contributed by atoms with Crippen LogP contribution < -0.4 is 11.1 Å². The number of carbonyl (C=O) groups is 3. The van der Waals surface area contributed by atoms with Gasteiger partial charge in [-0.1, -0.05) is 36.4 Å². The lowest BCUT2D eigenvalue weighted by Gasteiger charge is -2.16. The van der Waals surface area contributed by atoms with Gasteiger partial charge in [0.15, 0.2) is 0 Å². The summed E-state index contributed by atoms with van der Waals surface area (Å²) in [7, 11) is 0. The van der Waals surface area contributed by atoms with Crippen LogP contribution in [0, 0.1) is 6.92 Å². The number of aromatic nitrogens is 2. The number of amides is 2. The summed E-state index contributed by atoms with van der Waals surface area (Å²) >= 11 is 1.02. The van der Waals surface area contributed by atoms with Crippen LogP contribution in [0.1, 0.15) is 20.9 Å². The van der Waals surface area contributed by atoms with E-state index in [2.05, 4.69) is 14.7 Å². The van der Waals surface area contributed by atoms with Crippen molar-refractivity contribution in [3.05, 3.63) is 70.9 Å². The first-order valence-electron chi connectivity index (χ1n) is 8.53. The summed E-state index contributed by atoms with van der Waals surface area (Å²) < 4.78 is 4.25. The fraction of sp³-hybridized carbons (Fsp3) is 0.150. The molecule has 0 spiro atoms. The molecular weight excluding hydrogens is 376 g/mol. The number of primary amides is 1. The quantitative estimate of drug-likeness (QED) is 0.594. The van der Waals surface area contributed by atoms with Gasteiger partial charge in [-0.05, 0) is 36.2 Å². The fourth-order valence-corrected chi connectivity index (χ4v) is 3.60. The van der Waals surface area contributed by atoms with E-state index in [1.807, 2.05) is 36.4 Å². The van der Waals surface area contributed by atoms with Crippen molar-refractivity contribution >= 4 is 29.1 Å². The second-order valence-corrected chi connectivity index (χ2v) is 6.90. The van der Waals surface area contributed by atoms with Crippen LogP contribution in [0.5, 0.6) is 0 Å². The van der Waals surface area contributed by atoms with E-state index in [1.54, 1.807) is 25.3 Å². The summed E-state index contributed by atoms with van der Waals surface area (Å²) in [6, 6.07) is 13.4. The van der Waals surface area contributed by atoms with Gasteiger partial charge < -0.3 is 11.1 Å². The summed E-state index contributed by atoms with van der Waals surface area (Å²) in [4.78, 5) is 41.2. The minimum absolute atomic E-state index is 0.158. The number of rotatable bonds is 7. The van der Waals surface area contributed by atoms with Crippen molar-refractivity contribution in [3.8, 4) is 11.3 Å². The van der Waals surface area contributed by atoms with Gasteiger partial charge in [-0.15, -0.1) is 0 Å². The topological polar surface area (TPSA) is 115 Å². The van der Waals surface area contributed by atoms with Gasteiger partial charge in [0, 0.05) is 18.2 Å². The van der Waals surface area contributed by atoms with Gasteiger partial charge in [-0.2, -0.15) is 4.37 Å². The first kappa shape index (κ1) is 19.4. The van der Waals surface area contributed by atoms with E-state index in [4.69, 9.17) is 5.73 Å². The zero-order valence-electron chi connectivity index (χ0n) is 15.1. The number of ketones is 1. The van der Waals surface area contributed by atoms with Gasteiger partial charge in [0.25, 0.3) is 11.8 Å². The molecule has 0 aliphatic heterocycles. The monoisotopic (exact) mass is 394 g/mol. The van der Waals surface area contributed by atoms with Crippen molar-refractivity contribution in [1.29, 1.82) is 0 Å². The highest BCUT2D eigenvalue weighted by Gasteiger charge is 2.28. The SMILES string of the molecule is Cc1nsc(C(=O)NC(Cc2ccccc2)C(=O)C(N)=O)c1-c1ccccn1. The number of aryl methyl sites for hydroxylation is 1. The molecule has 0 saturated carbocycles. The molecule has 0 bridgehead atoms. The third-order valence-electron chi connectivity index (χ3n) is 4.14. The highest BCUT2D eigenvalue weighted by atomic mass is 32.1. The molecule has 2 heterocycles. The molecule has 7 nitrogen and oxygen atoms in total. The van der Waals surface area contributed by atoms with Gasteiger partial charge in [0.05, 0.1) is 11.4 Å². The summed E-state index contributed by atoms with van der Waals surface area (Å²) in [5.74, 6) is -2.44. The molecule has 0 radical (unpaired) electrons. The molecule has 0 aliphatic rings. The maximum Gasteiger partial charge on any atom is 0.287 e. The predicted molar refractivity (Wildman–Crippen MR) is 106 cm³/mol. The van der Waals surface area contributed by atoms with Crippen LogP contribution in [-0.2, 0) is 16.0 Å². The fourth-order valence-electron chi connectivity index (χ4n) is 2.79. The molecule has 8 heteroatoms. The highest BCUT2D eigenvalue weighted by molar-refractivity contribution is 7.08. The minimum atomic E-state index is -1.09. The molecule has 0 aliphatic carbocycles. The molecule has 3 N–H and O–H groups in total. The van der Waals surface area contributed by atoms with E-state index >= 15 is 0 Å². The first-order valence-corrected chi connectivity index (χ1v) is 9.31. The van der Waals surface area contributed by atoms with Crippen molar-refractivity contribution in [2.75, 3.05) is 0 Å². The molecule has 1 aromatic carbocycles. The van der Waals surface area contributed by atoms with Crippen molar-refractivity contribution in [1.82, 2.24) is 14.7 Å². The predicted octanol–water partition coefficient (Wildman–Crippen LogP) is 1.91. The molecular formula is C20H18N4O3S. The largest absolute Gasteiger partial charge is 0.363 e. The standard InChI is InChI=1S/C20H18N4O3S/c1-12-16(14-9-5-6-10-22-14)18(28-24-12)20(27)23-15(17(25)19(21)26)11-13-7-3-2-4-8-13/h2-10,15H,11H2,1H3,(H2,21,26)(H,23,27). The van der Waals surface area contributed by atoms with Crippen LogP contribution in [0.15, 0.2) is 54.7 Å². The van der Waals surface area contributed by atoms with E-state index in [1.165, 1.54) is 0 Å². The van der Waals surface area contributed by atoms with E-state index in [-0.39, 0.29) is 6.42 Å². The summed E-state index contributed by atoms with van der Waals surface area (Å²) in [6.07, 6.45) is 1.79. The van der Waals surface area contributed by atoms with Crippen LogP contribution in [0.25, 0.3) is 11.3 Å². The Balaban J connectivity index is 1.89. The number of carbonyl (C=O) groups excluding carboxylic acids is 3. The normalized spacial score (nSPS) is 11.6. The smallest absolute Gasteiger partial charge is 0.287 e. The lowest BCUT2D eigenvalue weighted by Crippen LogP contribution is -2.47. The highest BCUT2D eigenvalue weighted by Crippen LogP contribution is 2.28. The molecule has 2 amide bonds. The molecule has 0 saturated heterocycles. The Labute approximate surface area is 165 Å². The average molecular weight is 394 g/mol. The maximum absolute atomic E-state index is 12.9. The van der Waals surface area contributed by atoms with Crippen molar-refractivity contribution in [2.45, 2.75) is 19.4 Å². The van der Waals surface area contributed by atoms with Gasteiger partial charge in [-0.3, -0.25) is 19.4 Å². The average Bonchev–Trinajstić information content (AvgIpc) is 3.09. The Bertz CT molecular complexity index is 1000. The Morgan fingerprint density at radius 2 is 1.82 bits per heavy atom. The number of nitrogens with one attached hydrogen (secondary N) is 1. The summed E-state index contributed by atoms with van der Waals surface area (Å²) in [5.41, 5.74) is 7.85. The molecule has 1 atom stereocenters. The van der Waals surface area contributed by atoms with E-state index in [0.717, 1.165) is 17.1 Å². The molecule has 3 rings (SSSR count). The lowest BCUT2D eigenvalue weighted by molar-refractivity contribution is -0.137. The molecule has 2 aromatic heterocycles. The van der Waals surface area contributed by atoms with Crippen LogP contribution >= 0.6 is 11.5 Å². The Morgan fingerprint density at radius 3 is 2.46 bits per heavy atom. The first-order chi connectivity index (χ1) is 13.5. The van der Waals surface area contributed by atoms with Gasteiger partial charge >= 0.3 is 0 Å². The third-order valence-corrected chi connectivity index (χ3v) is 5.07. The summed E-state index contributed by atoms with van der Waals surface area (Å²) in [6.45, 7) is 1.79. The van der Waals surface area contributed by atoms with Crippen LogP contribution in [0.2, 0.25) is 0 Å². The second-order valence-electron chi connectivity index (χ2n) is 6.13. The van der Waals surface area contributed by atoms with Gasteiger partial charge in [0.1, 0.15) is 10.9 Å². The molecule has 142 valence electrons. The summed E-state index contributed by atoms with van der Waals surface area (Å²) in [5, 5.41) is 2.64. The number of hydrogen-bond acceptors (Lipinski definition) is 6. The zero-order chi connectivity index (χ0) is 20.1. The number of nitrogens with zero attached hydrogens (tertiary/aromatic N) is 2. The Kier molecular flexibility index (Phi) is 5.90. The number of nitrogens with two attached hydrogens (primary N) is 1. The third kappa shape index (κ3) is 4.29. The van der Waals surface area contributed by atoms with Crippen molar-refractivity contribution in [2.24, 2.45) is 5.73 Å². The number of pyridine rings is 1. The van der Waals surface area contributed by atoms with Crippen molar-refractivity contribution < 1.29 is 14.4 Å². The number of benzene rings is 1. The Morgan fingerprint density at radius 1 is 1.11 bits per heavy atom. The lowest BCUT2D eigenvalue weighted by atomic mass is 10.0. The van der Waals surface area contributed by atoms with Crippen LogP contribution in [0.4, 0.5) is 0 Å². The minimum Gasteiger partial charge on any atom is -0.363 e.